The number of hydrogen-bond acceptors (Lipinski definition) is 5. The van der Waals surface area contributed by atoms with E-state index in [0.717, 1.165) is 11.1 Å². The number of halogens is 1. The fraction of sp³-hybridized carbons (Fsp3) is 0.286. The van der Waals surface area contributed by atoms with E-state index < -0.39 is 5.25 Å². The van der Waals surface area contributed by atoms with Gasteiger partial charge in [-0.05, 0) is 23.6 Å². The smallest absolute Gasteiger partial charge is 0.236 e. The van der Waals surface area contributed by atoms with E-state index in [1.165, 1.54) is 23.9 Å². The minimum Gasteiger partial charge on any atom is -0.355 e. The number of hydrogen-bond donors (Lipinski definition) is 2. The van der Waals surface area contributed by atoms with Crippen LogP contribution in [0.2, 0.25) is 0 Å². The van der Waals surface area contributed by atoms with Crippen LogP contribution in [-0.4, -0.2) is 32.6 Å². The van der Waals surface area contributed by atoms with Crippen LogP contribution in [0.15, 0.2) is 59.8 Å². The van der Waals surface area contributed by atoms with Gasteiger partial charge in [0.05, 0.1) is 6.04 Å². The lowest BCUT2D eigenvalue weighted by Crippen LogP contribution is -2.44. The molecular formula is C21H22FN5OS. The van der Waals surface area contributed by atoms with Gasteiger partial charge in [-0.15, -0.1) is 10.2 Å². The fourth-order valence-corrected chi connectivity index (χ4v) is 4.26. The van der Waals surface area contributed by atoms with Crippen molar-refractivity contribution in [2.24, 2.45) is 5.92 Å². The molecule has 0 aliphatic carbocycles. The van der Waals surface area contributed by atoms with Gasteiger partial charge in [-0.1, -0.05) is 68.1 Å². The van der Waals surface area contributed by atoms with Crippen molar-refractivity contribution in [3.63, 3.8) is 0 Å². The number of nitrogens with one attached hydrogen (secondary N) is 2. The van der Waals surface area contributed by atoms with Crippen molar-refractivity contribution in [2.75, 3.05) is 12.0 Å². The van der Waals surface area contributed by atoms with Crippen LogP contribution in [0.4, 0.5) is 4.39 Å². The average molecular weight is 412 g/mol. The lowest BCUT2D eigenvalue weighted by atomic mass is 10.0. The number of carbonyl (C=O) groups is 1. The summed E-state index contributed by atoms with van der Waals surface area (Å²) in [4.78, 5) is 12.9. The molecule has 8 heteroatoms. The number of amides is 1. The Labute approximate surface area is 172 Å². The predicted molar refractivity (Wildman–Crippen MR) is 111 cm³/mol. The minimum absolute atomic E-state index is 0.0824. The summed E-state index contributed by atoms with van der Waals surface area (Å²) in [6.45, 7) is 4.69. The second kappa shape index (κ2) is 8.24. The highest BCUT2D eigenvalue weighted by atomic mass is 32.2. The maximum atomic E-state index is 13.5. The standard InChI is InChI=1S/C21H22FN5OS/c1-13(2)12-23-20(28)18-17(14-8-10-16(22)11-9-14)26-27-19(24-25-21(27)29-18)15-6-4-3-5-7-15/h3-11,13,17-18,26H,12H2,1-2H3,(H,23,28)/t17-,18-/m0/s1. The van der Waals surface area contributed by atoms with Gasteiger partial charge in [0.15, 0.2) is 5.82 Å². The van der Waals surface area contributed by atoms with E-state index in [4.69, 9.17) is 0 Å². The van der Waals surface area contributed by atoms with Crippen molar-refractivity contribution in [1.82, 2.24) is 20.2 Å². The molecule has 0 unspecified atom stereocenters. The van der Waals surface area contributed by atoms with E-state index in [-0.39, 0.29) is 17.8 Å². The van der Waals surface area contributed by atoms with Gasteiger partial charge in [0.25, 0.3) is 0 Å². The Morgan fingerprint density at radius 3 is 2.59 bits per heavy atom. The quantitative estimate of drug-likeness (QED) is 0.671. The highest BCUT2D eigenvalue weighted by molar-refractivity contribution is 8.00. The van der Waals surface area contributed by atoms with Crippen molar-refractivity contribution in [1.29, 1.82) is 0 Å². The second-order valence-electron chi connectivity index (χ2n) is 7.34. The van der Waals surface area contributed by atoms with E-state index in [0.29, 0.717) is 23.4 Å². The molecule has 2 atom stereocenters. The van der Waals surface area contributed by atoms with Crippen LogP contribution in [0.1, 0.15) is 25.5 Å². The Morgan fingerprint density at radius 1 is 1.17 bits per heavy atom. The van der Waals surface area contributed by atoms with Gasteiger partial charge in [0, 0.05) is 12.1 Å². The highest BCUT2D eigenvalue weighted by Gasteiger charge is 2.37. The minimum atomic E-state index is -0.459. The van der Waals surface area contributed by atoms with E-state index in [1.807, 2.05) is 44.2 Å². The summed E-state index contributed by atoms with van der Waals surface area (Å²) in [5.41, 5.74) is 5.12. The van der Waals surface area contributed by atoms with Crippen LogP contribution in [0.25, 0.3) is 11.4 Å². The molecule has 2 aromatic carbocycles. The number of benzene rings is 2. The van der Waals surface area contributed by atoms with Crippen LogP contribution in [0.5, 0.6) is 0 Å². The van der Waals surface area contributed by atoms with E-state index in [9.17, 15) is 9.18 Å². The Kier molecular flexibility index (Phi) is 5.53. The third kappa shape index (κ3) is 4.12. The molecule has 6 nitrogen and oxygen atoms in total. The van der Waals surface area contributed by atoms with Crippen molar-refractivity contribution in [3.8, 4) is 11.4 Å². The molecule has 0 bridgehead atoms. The topological polar surface area (TPSA) is 71.8 Å². The SMILES string of the molecule is CC(C)CNC(=O)[C@H]1Sc2nnc(-c3ccccc3)n2N[C@H]1c1ccc(F)cc1. The largest absolute Gasteiger partial charge is 0.355 e. The van der Waals surface area contributed by atoms with Crippen molar-refractivity contribution in [3.05, 3.63) is 66.0 Å². The summed E-state index contributed by atoms with van der Waals surface area (Å²) in [6, 6.07) is 15.6. The van der Waals surface area contributed by atoms with Crippen molar-refractivity contribution >= 4 is 17.7 Å². The molecule has 0 radical (unpaired) electrons. The zero-order valence-electron chi connectivity index (χ0n) is 16.2. The number of carbonyl (C=O) groups excluding carboxylic acids is 1. The summed E-state index contributed by atoms with van der Waals surface area (Å²) in [6.07, 6.45) is 0. The molecule has 1 aliphatic rings. The fourth-order valence-electron chi connectivity index (χ4n) is 3.15. The summed E-state index contributed by atoms with van der Waals surface area (Å²) in [7, 11) is 0. The first-order valence-corrected chi connectivity index (χ1v) is 10.4. The third-order valence-corrected chi connectivity index (χ3v) is 5.86. The normalized spacial score (nSPS) is 18.2. The van der Waals surface area contributed by atoms with Gasteiger partial charge < -0.3 is 10.7 Å². The molecule has 150 valence electrons. The molecule has 4 rings (SSSR count). The molecule has 0 saturated carbocycles. The molecule has 1 amide bonds. The lowest BCUT2D eigenvalue weighted by Gasteiger charge is -2.33. The molecular weight excluding hydrogens is 389 g/mol. The monoisotopic (exact) mass is 411 g/mol. The number of thioether (sulfide) groups is 1. The summed E-state index contributed by atoms with van der Waals surface area (Å²) in [5.74, 6) is 0.619. The summed E-state index contributed by atoms with van der Waals surface area (Å²) < 4.78 is 15.3. The Hall–Kier alpha value is -2.87. The zero-order valence-corrected chi connectivity index (χ0v) is 17.0. The molecule has 2 heterocycles. The predicted octanol–water partition coefficient (Wildman–Crippen LogP) is 3.62. The molecule has 1 aromatic heterocycles. The Morgan fingerprint density at radius 2 is 1.90 bits per heavy atom. The maximum absolute atomic E-state index is 13.5. The maximum Gasteiger partial charge on any atom is 0.236 e. The molecule has 0 saturated heterocycles. The summed E-state index contributed by atoms with van der Waals surface area (Å²) >= 11 is 1.36. The van der Waals surface area contributed by atoms with Crippen molar-refractivity contribution < 1.29 is 9.18 Å². The molecule has 3 aromatic rings. The van der Waals surface area contributed by atoms with Gasteiger partial charge in [0.2, 0.25) is 11.1 Å². The molecule has 29 heavy (non-hydrogen) atoms. The van der Waals surface area contributed by atoms with Crippen LogP contribution >= 0.6 is 11.8 Å². The van der Waals surface area contributed by atoms with Crippen LogP contribution in [-0.2, 0) is 4.79 Å². The first-order chi connectivity index (χ1) is 14.0. The Balaban J connectivity index is 1.70. The number of fused-ring (bicyclic) bond motifs is 1. The molecule has 0 fully saturated rings. The van der Waals surface area contributed by atoms with E-state index in [2.05, 4.69) is 20.9 Å². The first kappa shape index (κ1) is 19.4. The molecule has 0 spiro atoms. The second-order valence-corrected chi connectivity index (χ2v) is 8.45. The number of nitrogens with zero attached hydrogens (tertiary/aromatic N) is 3. The first-order valence-electron chi connectivity index (χ1n) is 9.50. The van der Waals surface area contributed by atoms with Gasteiger partial charge in [-0.2, -0.15) is 0 Å². The molecule has 1 aliphatic heterocycles. The number of aromatic nitrogens is 3. The van der Waals surface area contributed by atoms with E-state index in [1.54, 1.807) is 16.8 Å². The van der Waals surface area contributed by atoms with Crippen LogP contribution < -0.4 is 10.7 Å². The average Bonchev–Trinajstić information content (AvgIpc) is 3.15. The molecule has 2 N–H and O–H groups in total. The van der Waals surface area contributed by atoms with Crippen LogP contribution in [0, 0.1) is 11.7 Å². The van der Waals surface area contributed by atoms with Gasteiger partial charge in [-0.25, -0.2) is 9.07 Å². The van der Waals surface area contributed by atoms with Crippen molar-refractivity contribution in [2.45, 2.75) is 30.3 Å². The number of rotatable bonds is 5. The summed E-state index contributed by atoms with van der Waals surface area (Å²) in [5, 5.41) is 11.8. The van der Waals surface area contributed by atoms with Gasteiger partial charge in [0.1, 0.15) is 11.1 Å². The van der Waals surface area contributed by atoms with Gasteiger partial charge >= 0.3 is 0 Å². The Bertz CT molecular complexity index is 990. The zero-order chi connectivity index (χ0) is 20.4. The lowest BCUT2D eigenvalue weighted by molar-refractivity contribution is -0.121. The van der Waals surface area contributed by atoms with Gasteiger partial charge in [-0.3, -0.25) is 4.79 Å². The highest BCUT2D eigenvalue weighted by Crippen LogP contribution is 2.38. The third-order valence-electron chi connectivity index (χ3n) is 4.64. The van der Waals surface area contributed by atoms with E-state index >= 15 is 0 Å². The van der Waals surface area contributed by atoms with Crippen LogP contribution in [0.3, 0.4) is 0 Å².